The van der Waals surface area contributed by atoms with E-state index in [0.717, 1.165) is 66.6 Å². The molecule has 0 saturated carbocycles. The molecule has 3 aromatic rings. The summed E-state index contributed by atoms with van der Waals surface area (Å²) in [6.45, 7) is 6.18. The van der Waals surface area contributed by atoms with Crippen LogP contribution in [0.3, 0.4) is 0 Å². The van der Waals surface area contributed by atoms with E-state index in [2.05, 4.69) is 30.0 Å². The molecular weight excluding hydrogens is 370 g/mol. The molecule has 0 radical (unpaired) electrons. The van der Waals surface area contributed by atoms with Gasteiger partial charge in [-0.1, -0.05) is 12.1 Å². The quantitative estimate of drug-likeness (QED) is 0.680. The van der Waals surface area contributed by atoms with E-state index in [1.807, 2.05) is 29.2 Å². The van der Waals surface area contributed by atoms with Gasteiger partial charge in [-0.15, -0.1) is 11.3 Å². The molecule has 28 heavy (non-hydrogen) atoms. The van der Waals surface area contributed by atoms with Gasteiger partial charge in [-0.25, -0.2) is 4.98 Å². The molecule has 3 heterocycles. The van der Waals surface area contributed by atoms with Crippen molar-refractivity contribution in [1.82, 2.24) is 14.8 Å². The fourth-order valence-corrected chi connectivity index (χ4v) is 5.09. The first kappa shape index (κ1) is 17.6. The number of fused-ring (bicyclic) bond motifs is 2. The molecule has 5 nitrogen and oxygen atoms in total. The van der Waals surface area contributed by atoms with Crippen molar-refractivity contribution in [3.8, 4) is 5.75 Å². The first-order chi connectivity index (χ1) is 13.7. The number of hydrogen-bond acceptors (Lipinski definition) is 5. The van der Waals surface area contributed by atoms with Crippen LogP contribution in [-0.4, -0.2) is 53.5 Å². The van der Waals surface area contributed by atoms with Crippen LogP contribution in [-0.2, 0) is 6.42 Å². The number of thiazole rings is 1. The van der Waals surface area contributed by atoms with Gasteiger partial charge >= 0.3 is 0 Å². The van der Waals surface area contributed by atoms with Crippen LogP contribution in [0.1, 0.15) is 33.9 Å². The molecule has 0 bridgehead atoms. The van der Waals surface area contributed by atoms with Crippen LogP contribution in [0.15, 0.2) is 42.5 Å². The van der Waals surface area contributed by atoms with Crippen molar-refractivity contribution in [2.24, 2.45) is 0 Å². The first-order valence-electron chi connectivity index (χ1n) is 9.83. The highest BCUT2D eigenvalue weighted by atomic mass is 32.1. The van der Waals surface area contributed by atoms with Gasteiger partial charge < -0.3 is 9.64 Å². The Kier molecular flexibility index (Phi) is 4.53. The van der Waals surface area contributed by atoms with Gasteiger partial charge in [0.05, 0.1) is 22.9 Å². The lowest BCUT2D eigenvalue weighted by molar-refractivity contribution is 0.0582. The van der Waals surface area contributed by atoms with Gasteiger partial charge in [0.25, 0.3) is 5.91 Å². The van der Waals surface area contributed by atoms with Gasteiger partial charge in [-0.05, 0) is 42.8 Å². The molecule has 1 unspecified atom stereocenters. The van der Waals surface area contributed by atoms with E-state index < -0.39 is 0 Å². The summed E-state index contributed by atoms with van der Waals surface area (Å²) in [6, 6.07) is 14.4. The molecular formula is C22H23N3O2S. The number of ether oxygens (including phenoxy) is 1. The van der Waals surface area contributed by atoms with E-state index in [-0.39, 0.29) is 11.9 Å². The summed E-state index contributed by atoms with van der Waals surface area (Å²) in [5.74, 6) is 1.05. The monoisotopic (exact) mass is 393 g/mol. The maximum Gasteiger partial charge on any atom is 0.253 e. The molecule has 2 aromatic carbocycles. The van der Waals surface area contributed by atoms with Crippen LogP contribution in [0.2, 0.25) is 0 Å². The topological polar surface area (TPSA) is 45.7 Å². The van der Waals surface area contributed by atoms with Gasteiger partial charge in [0, 0.05) is 38.2 Å². The van der Waals surface area contributed by atoms with Crippen LogP contribution < -0.4 is 4.74 Å². The number of hydrogen-bond donors (Lipinski definition) is 0. The predicted octanol–water partition coefficient (Wildman–Crippen LogP) is 3.75. The molecule has 2 aliphatic rings. The average molecular weight is 394 g/mol. The minimum absolute atomic E-state index is 0.127. The molecule has 6 heteroatoms. The second-order valence-corrected chi connectivity index (χ2v) is 8.51. The lowest BCUT2D eigenvalue weighted by Crippen LogP contribution is -2.49. The zero-order chi connectivity index (χ0) is 19.1. The van der Waals surface area contributed by atoms with E-state index >= 15 is 0 Å². The molecule has 1 aromatic heterocycles. The molecule has 0 aliphatic carbocycles. The fourth-order valence-electron chi connectivity index (χ4n) is 4.04. The summed E-state index contributed by atoms with van der Waals surface area (Å²) < 4.78 is 6.78. The Bertz CT molecular complexity index is 991. The Hall–Kier alpha value is -2.44. The Morgan fingerprint density at radius 3 is 2.79 bits per heavy atom. The lowest BCUT2D eigenvalue weighted by atomic mass is 10.1. The maximum absolute atomic E-state index is 12.9. The summed E-state index contributed by atoms with van der Waals surface area (Å²) >= 11 is 1.77. The smallest absolute Gasteiger partial charge is 0.253 e. The number of piperazine rings is 1. The van der Waals surface area contributed by atoms with Crippen molar-refractivity contribution in [1.29, 1.82) is 0 Å². The van der Waals surface area contributed by atoms with Gasteiger partial charge in [0.2, 0.25) is 0 Å². The van der Waals surface area contributed by atoms with Crippen LogP contribution in [0.5, 0.6) is 5.75 Å². The Balaban J connectivity index is 1.25. The number of nitrogens with zero attached hydrogens (tertiary/aromatic N) is 3. The first-order valence-corrected chi connectivity index (χ1v) is 10.7. The molecule has 5 rings (SSSR count). The fraction of sp³-hybridized carbons (Fsp3) is 0.364. The number of carbonyl (C=O) groups excluding carboxylic acids is 1. The van der Waals surface area contributed by atoms with Crippen molar-refractivity contribution < 1.29 is 9.53 Å². The number of amides is 1. The van der Waals surface area contributed by atoms with Crippen molar-refractivity contribution in [3.05, 3.63) is 58.6 Å². The van der Waals surface area contributed by atoms with E-state index in [4.69, 9.17) is 9.72 Å². The summed E-state index contributed by atoms with van der Waals surface area (Å²) in [7, 11) is 0. The molecule has 144 valence electrons. The highest BCUT2D eigenvalue weighted by molar-refractivity contribution is 7.18. The largest absolute Gasteiger partial charge is 0.493 e. The van der Waals surface area contributed by atoms with Crippen LogP contribution in [0.25, 0.3) is 10.2 Å². The predicted molar refractivity (Wildman–Crippen MR) is 111 cm³/mol. The van der Waals surface area contributed by atoms with E-state index in [9.17, 15) is 4.79 Å². The summed E-state index contributed by atoms with van der Waals surface area (Å²) in [6.07, 6.45) is 0.893. The number of aromatic nitrogens is 1. The van der Waals surface area contributed by atoms with E-state index in [0.29, 0.717) is 0 Å². The van der Waals surface area contributed by atoms with Crippen molar-refractivity contribution in [2.75, 3.05) is 32.8 Å². The number of carbonyl (C=O) groups is 1. The Labute approximate surface area is 168 Å². The zero-order valence-corrected chi connectivity index (χ0v) is 16.7. The number of benzene rings is 2. The van der Waals surface area contributed by atoms with Crippen molar-refractivity contribution in [3.63, 3.8) is 0 Å². The summed E-state index contributed by atoms with van der Waals surface area (Å²) in [5.41, 5.74) is 3.00. The summed E-state index contributed by atoms with van der Waals surface area (Å²) in [5, 5.41) is 1.15. The minimum atomic E-state index is 0.127. The number of rotatable bonds is 3. The summed E-state index contributed by atoms with van der Waals surface area (Å²) in [4.78, 5) is 22.1. The second-order valence-electron chi connectivity index (χ2n) is 7.44. The molecule has 1 amide bonds. The molecule has 0 N–H and O–H groups in total. The molecule has 1 atom stereocenters. The SMILES string of the molecule is CC(c1nc2ccccc2s1)N1CCN(C(=O)c2ccc3c(c2)CCO3)CC1. The highest BCUT2D eigenvalue weighted by Crippen LogP contribution is 2.30. The average Bonchev–Trinajstić information content (AvgIpc) is 3.39. The van der Waals surface area contributed by atoms with Crippen molar-refractivity contribution in [2.45, 2.75) is 19.4 Å². The van der Waals surface area contributed by atoms with Crippen LogP contribution in [0, 0.1) is 0 Å². The second kappa shape index (κ2) is 7.18. The molecule has 2 aliphatic heterocycles. The third-order valence-corrected chi connectivity index (χ3v) is 6.96. The van der Waals surface area contributed by atoms with E-state index in [1.54, 1.807) is 11.3 Å². The van der Waals surface area contributed by atoms with Gasteiger partial charge in [-0.2, -0.15) is 0 Å². The molecule has 1 saturated heterocycles. The molecule has 1 fully saturated rings. The highest BCUT2D eigenvalue weighted by Gasteiger charge is 2.27. The van der Waals surface area contributed by atoms with E-state index in [1.165, 1.54) is 4.70 Å². The zero-order valence-electron chi connectivity index (χ0n) is 15.9. The third-order valence-electron chi connectivity index (χ3n) is 5.75. The lowest BCUT2D eigenvalue weighted by Gasteiger charge is -2.37. The Morgan fingerprint density at radius 2 is 1.96 bits per heavy atom. The van der Waals surface area contributed by atoms with Gasteiger partial charge in [-0.3, -0.25) is 9.69 Å². The third kappa shape index (κ3) is 3.16. The minimum Gasteiger partial charge on any atom is -0.493 e. The molecule has 0 spiro atoms. The normalized spacial score (nSPS) is 18.1. The Morgan fingerprint density at radius 1 is 1.14 bits per heavy atom. The van der Waals surface area contributed by atoms with Crippen molar-refractivity contribution >= 4 is 27.5 Å². The number of para-hydroxylation sites is 1. The van der Waals surface area contributed by atoms with Gasteiger partial charge in [0.1, 0.15) is 10.8 Å². The standard InChI is InChI=1S/C22H23N3O2S/c1-15(21-23-18-4-2-3-5-20(18)28-21)24-9-11-25(12-10-24)22(26)17-6-7-19-16(14-17)8-13-27-19/h2-7,14-15H,8-13H2,1H3. The van der Waals surface area contributed by atoms with Gasteiger partial charge in [0.15, 0.2) is 0 Å². The van der Waals surface area contributed by atoms with Crippen LogP contribution >= 0.6 is 11.3 Å². The maximum atomic E-state index is 12.9. The van der Waals surface area contributed by atoms with Crippen LogP contribution in [0.4, 0.5) is 0 Å².